The Morgan fingerprint density at radius 1 is 0.628 bits per heavy atom. The molecule has 43 heavy (non-hydrogen) atoms. The molecule has 0 saturated heterocycles. The number of carbonyl (C=O) groups excluding carboxylic acids is 4. The average molecular weight is 621 g/mol. The lowest BCUT2D eigenvalue weighted by Crippen LogP contribution is -2.59. The van der Waals surface area contributed by atoms with E-state index in [9.17, 15) is 48.6 Å². The average Bonchev–Trinajstić information content (AvgIpc) is 2.89. The van der Waals surface area contributed by atoms with Gasteiger partial charge in [0.05, 0.1) is 25.5 Å². The Morgan fingerprint density at radius 3 is 1.60 bits per heavy atom. The number of carbonyl (C=O) groups is 8. The highest BCUT2D eigenvalue weighted by atomic mass is 16.4. The molecule has 0 bridgehead atoms. The zero-order chi connectivity index (χ0) is 33.3. The van der Waals surface area contributed by atoms with Crippen molar-refractivity contribution in [3.63, 3.8) is 0 Å². The molecule has 0 rings (SSSR count). The molecular formula is C22H36N8O13. The normalized spacial score (nSPS) is 14.0. The highest BCUT2D eigenvalue weighted by Gasteiger charge is 2.32. The van der Waals surface area contributed by atoms with Crippen molar-refractivity contribution in [2.45, 2.75) is 68.7 Å². The molecule has 21 heteroatoms. The first-order chi connectivity index (χ1) is 20.0. The van der Waals surface area contributed by atoms with E-state index < -0.39 is 110 Å². The molecule has 5 atom stereocenters. The lowest BCUT2D eigenvalue weighted by atomic mass is 10.1. The van der Waals surface area contributed by atoms with Gasteiger partial charge in [-0.05, 0) is 19.3 Å². The Morgan fingerprint density at radius 2 is 1.12 bits per heavy atom. The number of amides is 4. The fourth-order valence-corrected chi connectivity index (χ4v) is 3.25. The molecular weight excluding hydrogens is 584 g/mol. The second-order valence-electron chi connectivity index (χ2n) is 8.95. The number of aliphatic carboxylic acids is 4. The van der Waals surface area contributed by atoms with Crippen LogP contribution in [0.1, 0.15) is 38.5 Å². The van der Waals surface area contributed by atoms with Crippen molar-refractivity contribution in [1.29, 1.82) is 0 Å². The third-order valence-electron chi connectivity index (χ3n) is 5.40. The Balaban J connectivity index is 5.67. The Kier molecular flexibility index (Phi) is 16.9. The van der Waals surface area contributed by atoms with Crippen LogP contribution in [0.25, 0.3) is 0 Å². The maximum atomic E-state index is 12.8. The summed E-state index contributed by atoms with van der Waals surface area (Å²) in [5.41, 5.74) is 15.8. The molecule has 0 aromatic heterocycles. The molecule has 4 amide bonds. The number of carboxylic acid groups (broad SMARTS) is 4. The summed E-state index contributed by atoms with van der Waals surface area (Å²) in [6.07, 6.45) is -3.14. The first-order valence-electron chi connectivity index (χ1n) is 12.5. The first-order valence-corrected chi connectivity index (χ1v) is 12.5. The number of rotatable bonds is 21. The molecule has 21 nitrogen and oxygen atoms in total. The molecule has 0 aliphatic heterocycles. The summed E-state index contributed by atoms with van der Waals surface area (Å²) in [7, 11) is 0. The molecule has 0 spiro atoms. The van der Waals surface area contributed by atoms with E-state index in [1.54, 1.807) is 0 Å². The van der Waals surface area contributed by atoms with E-state index in [0.29, 0.717) is 0 Å². The smallest absolute Gasteiger partial charge is 0.326 e. The van der Waals surface area contributed by atoms with Gasteiger partial charge in [0.25, 0.3) is 0 Å². The summed E-state index contributed by atoms with van der Waals surface area (Å²) in [5.74, 6) is -11.0. The number of carboxylic acids is 4. The van der Waals surface area contributed by atoms with Gasteiger partial charge in [-0.2, -0.15) is 0 Å². The van der Waals surface area contributed by atoms with Crippen LogP contribution < -0.4 is 38.5 Å². The number of hydrogen-bond donors (Lipinski definition) is 12. The fraction of sp³-hybridized carbons (Fsp3) is 0.591. The molecule has 0 radical (unpaired) electrons. The molecule has 0 aliphatic rings. The second-order valence-corrected chi connectivity index (χ2v) is 8.95. The minimum atomic E-state index is -1.88. The van der Waals surface area contributed by atoms with Crippen LogP contribution in [0.2, 0.25) is 0 Å². The van der Waals surface area contributed by atoms with Crippen molar-refractivity contribution in [2.24, 2.45) is 22.2 Å². The van der Waals surface area contributed by atoms with Gasteiger partial charge in [0, 0.05) is 13.0 Å². The van der Waals surface area contributed by atoms with E-state index in [-0.39, 0.29) is 25.3 Å². The summed E-state index contributed by atoms with van der Waals surface area (Å²) in [5, 5.41) is 54.0. The number of aliphatic hydroxyl groups is 1. The van der Waals surface area contributed by atoms with Crippen LogP contribution in [0.15, 0.2) is 4.99 Å². The SMILES string of the molecule is NC(N)=NCCC[C@H](NC(=O)[C@H](CCC(=O)O)NC(=O)[C@H](CO)NC(=O)[C@H](CC(=O)O)NC(=O)[C@@H](N)CC(=O)O)C(=O)O. The third-order valence-corrected chi connectivity index (χ3v) is 5.40. The van der Waals surface area contributed by atoms with E-state index in [1.807, 2.05) is 10.6 Å². The summed E-state index contributed by atoms with van der Waals surface area (Å²) in [6.45, 7) is -1.09. The van der Waals surface area contributed by atoms with Crippen molar-refractivity contribution in [3.8, 4) is 0 Å². The Bertz CT molecular complexity index is 1080. The van der Waals surface area contributed by atoms with Crippen LogP contribution in [0, 0.1) is 0 Å². The van der Waals surface area contributed by atoms with Crippen molar-refractivity contribution < 1.29 is 63.9 Å². The topological polar surface area (TPSA) is 376 Å². The van der Waals surface area contributed by atoms with Gasteiger partial charge in [-0.3, -0.25) is 38.6 Å². The summed E-state index contributed by atoms with van der Waals surface area (Å²) < 4.78 is 0. The van der Waals surface area contributed by atoms with E-state index in [2.05, 4.69) is 15.6 Å². The van der Waals surface area contributed by atoms with E-state index in [1.165, 1.54) is 0 Å². The molecule has 15 N–H and O–H groups in total. The van der Waals surface area contributed by atoms with Gasteiger partial charge in [-0.15, -0.1) is 0 Å². The molecule has 0 unspecified atom stereocenters. The molecule has 0 heterocycles. The number of hydrogen-bond acceptors (Lipinski definition) is 11. The van der Waals surface area contributed by atoms with Gasteiger partial charge >= 0.3 is 23.9 Å². The zero-order valence-electron chi connectivity index (χ0n) is 22.7. The lowest BCUT2D eigenvalue weighted by Gasteiger charge is -2.25. The monoisotopic (exact) mass is 620 g/mol. The second kappa shape index (κ2) is 19.1. The lowest BCUT2D eigenvalue weighted by molar-refractivity contribution is -0.143. The summed E-state index contributed by atoms with van der Waals surface area (Å²) >= 11 is 0. The molecule has 0 aliphatic carbocycles. The number of nitrogens with one attached hydrogen (secondary N) is 4. The quantitative estimate of drug-likeness (QED) is 0.0323. The fourth-order valence-electron chi connectivity index (χ4n) is 3.25. The minimum absolute atomic E-state index is 0.0356. The van der Waals surface area contributed by atoms with Gasteiger partial charge in [-0.25, -0.2) is 4.79 Å². The first kappa shape index (κ1) is 37.9. The number of nitrogens with zero attached hydrogens (tertiary/aromatic N) is 1. The predicted molar refractivity (Wildman–Crippen MR) is 142 cm³/mol. The van der Waals surface area contributed by atoms with Crippen LogP contribution in [0.5, 0.6) is 0 Å². The van der Waals surface area contributed by atoms with Crippen LogP contribution in [-0.4, -0.2) is 122 Å². The van der Waals surface area contributed by atoms with E-state index >= 15 is 0 Å². The number of nitrogens with two attached hydrogens (primary N) is 3. The predicted octanol–water partition coefficient (Wildman–Crippen LogP) is -5.80. The maximum absolute atomic E-state index is 12.8. The molecule has 0 saturated carbocycles. The van der Waals surface area contributed by atoms with Crippen molar-refractivity contribution >= 4 is 53.5 Å². The molecule has 0 aromatic carbocycles. The van der Waals surface area contributed by atoms with Crippen LogP contribution in [0.3, 0.4) is 0 Å². The van der Waals surface area contributed by atoms with Crippen molar-refractivity contribution in [2.75, 3.05) is 13.2 Å². The third kappa shape index (κ3) is 16.1. The molecule has 0 fully saturated rings. The largest absolute Gasteiger partial charge is 0.481 e. The number of aliphatic imine (C=N–C) groups is 1. The number of aliphatic hydroxyl groups excluding tert-OH is 1. The maximum Gasteiger partial charge on any atom is 0.326 e. The Labute approximate surface area is 243 Å². The summed E-state index contributed by atoms with van der Waals surface area (Å²) in [6, 6.07) is -8.57. The van der Waals surface area contributed by atoms with Gasteiger partial charge in [0.15, 0.2) is 5.96 Å². The van der Waals surface area contributed by atoms with Gasteiger partial charge < -0.3 is 64.0 Å². The van der Waals surface area contributed by atoms with Gasteiger partial charge in [0.2, 0.25) is 23.6 Å². The van der Waals surface area contributed by atoms with Crippen LogP contribution >= 0.6 is 0 Å². The Hall–Kier alpha value is -5.05. The van der Waals surface area contributed by atoms with Crippen LogP contribution in [0.4, 0.5) is 0 Å². The highest BCUT2D eigenvalue weighted by molar-refractivity contribution is 5.97. The van der Waals surface area contributed by atoms with E-state index in [0.717, 1.165) is 0 Å². The highest BCUT2D eigenvalue weighted by Crippen LogP contribution is 2.05. The zero-order valence-corrected chi connectivity index (χ0v) is 22.7. The standard InChI is InChI=1S/C22H36N8O13/c23-9(6-15(34)35)17(38)29-12(7-16(36)37)19(40)30-13(8-31)20(41)27-10(3-4-14(32)33)18(39)28-11(21(42)43)2-1-5-26-22(24)25/h9-13,31H,1-8,23H2,(H,27,41)(H,28,39)(H,29,38)(H,30,40)(H,32,33)(H,34,35)(H,36,37)(H,42,43)(H4,24,25,26)/t9-,10-,11-,12-,13-/m0/s1. The van der Waals surface area contributed by atoms with Crippen molar-refractivity contribution in [1.82, 2.24) is 21.3 Å². The molecule has 242 valence electrons. The summed E-state index contributed by atoms with van der Waals surface area (Å²) in [4.78, 5) is 98.7. The van der Waals surface area contributed by atoms with Crippen LogP contribution in [-0.2, 0) is 38.4 Å². The van der Waals surface area contributed by atoms with Gasteiger partial charge in [-0.1, -0.05) is 0 Å². The van der Waals surface area contributed by atoms with Crippen molar-refractivity contribution in [3.05, 3.63) is 0 Å². The van der Waals surface area contributed by atoms with E-state index in [4.69, 9.17) is 32.5 Å². The number of guanidine groups is 1. The molecule has 0 aromatic rings. The van der Waals surface area contributed by atoms with Gasteiger partial charge in [0.1, 0.15) is 24.2 Å². The minimum Gasteiger partial charge on any atom is -0.481 e.